The van der Waals surface area contributed by atoms with Crippen LogP contribution in [0.5, 0.6) is 0 Å². The third kappa shape index (κ3) is 5.63. The van der Waals surface area contributed by atoms with Crippen LogP contribution in [0, 0.1) is 0 Å². The zero-order chi connectivity index (χ0) is 22.3. The molecule has 1 fully saturated rings. The molecule has 170 valence electrons. The van der Waals surface area contributed by atoms with Gasteiger partial charge in [-0.05, 0) is 55.2 Å². The van der Waals surface area contributed by atoms with Gasteiger partial charge in [-0.25, -0.2) is 0 Å². The van der Waals surface area contributed by atoms with Crippen molar-refractivity contribution in [3.8, 4) is 0 Å². The zero-order valence-electron chi connectivity index (χ0n) is 18.8. The van der Waals surface area contributed by atoms with E-state index in [2.05, 4.69) is 22.1 Å². The summed E-state index contributed by atoms with van der Waals surface area (Å²) in [6.45, 7) is 3.59. The van der Waals surface area contributed by atoms with Gasteiger partial charge >= 0.3 is 0 Å². The summed E-state index contributed by atoms with van der Waals surface area (Å²) in [6.07, 6.45) is 9.30. The minimum absolute atomic E-state index is 0.117. The number of carbonyl (C=O) groups excluding carboxylic acids is 1. The summed E-state index contributed by atoms with van der Waals surface area (Å²) in [4.78, 5) is 20.1. The number of nitrogens with one attached hydrogen (secondary N) is 1. The standard InChI is InChI=1S/C26H32ClN3O2/c1-2-3-7-15-30(22-11-5-4-6-12-22)25(31)20-13-14-24-23(17-20)29-26(32-24)28-18-19-9-8-10-21(27)16-19/h8-10,13-14,16-17,22H,2-7,11-12,15,18H2,1H3,(H,28,29). The van der Waals surface area contributed by atoms with Crippen LogP contribution >= 0.6 is 11.6 Å². The Bertz CT molecular complexity index is 1040. The molecule has 0 unspecified atom stereocenters. The fourth-order valence-electron chi connectivity index (χ4n) is 4.50. The van der Waals surface area contributed by atoms with E-state index >= 15 is 0 Å². The Balaban J connectivity index is 1.48. The molecule has 1 aliphatic rings. The van der Waals surface area contributed by atoms with Gasteiger partial charge in [0, 0.05) is 29.7 Å². The fourth-order valence-corrected chi connectivity index (χ4v) is 4.71. The van der Waals surface area contributed by atoms with Crippen molar-refractivity contribution in [3.05, 3.63) is 58.6 Å². The second kappa shape index (κ2) is 10.9. The molecular weight excluding hydrogens is 422 g/mol. The molecule has 1 heterocycles. The van der Waals surface area contributed by atoms with Gasteiger partial charge < -0.3 is 14.6 Å². The minimum Gasteiger partial charge on any atom is -0.424 e. The molecular formula is C26H32ClN3O2. The number of oxazole rings is 1. The number of halogens is 1. The van der Waals surface area contributed by atoms with E-state index in [0.717, 1.165) is 44.2 Å². The van der Waals surface area contributed by atoms with Crippen LogP contribution in [0.1, 0.15) is 74.2 Å². The van der Waals surface area contributed by atoms with Gasteiger partial charge in [0.15, 0.2) is 5.58 Å². The lowest BCUT2D eigenvalue weighted by molar-refractivity contribution is 0.0630. The number of fused-ring (bicyclic) bond motifs is 1. The molecule has 1 N–H and O–H groups in total. The third-order valence-corrected chi connectivity index (χ3v) is 6.48. The second-order valence-electron chi connectivity index (χ2n) is 8.68. The van der Waals surface area contributed by atoms with Crippen molar-refractivity contribution in [1.29, 1.82) is 0 Å². The largest absolute Gasteiger partial charge is 0.424 e. The average Bonchev–Trinajstić information content (AvgIpc) is 3.23. The summed E-state index contributed by atoms with van der Waals surface area (Å²) < 4.78 is 5.83. The highest BCUT2D eigenvalue weighted by atomic mass is 35.5. The number of unbranched alkanes of at least 4 members (excludes halogenated alkanes) is 2. The number of benzene rings is 2. The Kier molecular flexibility index (Phi) is 7.69. The SMILES string of the molecule is CCCCCN(C(=O)c1ccc2oc(NCc3cccc(Cl)c3)nc2c1)C1CCCCC1. The number of anilines is 1. The molecule has 3 aromatic rings. The Labute approximate surface area is 195 Å². The van der Waals surface area contributed by atoms with Gasteiger partial charge in [0.1, 0.15) is 5.52 Å². The number of carbonyl (C=O) groups is 1. The summed E-state index contributed by atoms with van der Waals surface area (Å²) in [5.41, 5.74) is 3.10. The molecule has 0 bridgehead atoms. The van der Waals surface area contributed by atoms with E-state index in [-0.39, 0.29) is 5.91 Å². The first-order valence-corrected chi connectivity index (χ1v) is 12.2. The predicted molar refractivity (Wildman–Crippen MR) is 130 cm³/mol. The first kappa shape index (κ1) is 22.7. The molecule has 5 nitrogen and oxygen atoms in total. The molecule has 0 aliphatic heterocycles. The van der Waals surface area contributed by atoms with E-state index < -0.39 is 0 Å². The zero-order valence-corrected chi connectivity index (χ0v) is 19.5. The summed E-state index contributed by atoms with van der Waals surface area (Å²) in [5, 5.41) is 3.90. The molecule has 0 atom stereocenters. The van der Waals surface area contributed by atoms with E-state index in [1.165, 1.54) is 19.3 Å². The number of amides is 1. The number of aromatic nitrogens is 1. The van der Waals surface area contributed by atoms with Crippen molar-refractivity contribution in [3.63, 3.8) is 0 Å². The molecule has 1 aliphatic carbocycles. The molecule has 0 saturated heterocycles. The highest BCUT2D eigenvalue weighted by Gasteiger charge is 2.26. The van der Waals surface area contributed by atoms with Crippen LogP contribution in [0.4, 0.5) is 6.01 Å². The highest BCUT2D eigenvalue weighted by Crippen LogP contribution is 2.26. The van der Waals surface area contributed by atoms with Gasteiger partial charge in [0.05, 0.1) is 0 Å². The topological polar surface area (TPSA) is 58.4 Å². The van der Waals surface area contributed by atoms with Gasteiger partial charge in [-0.1, -0.05) is 62.8 Å². The molecule has 4 rings (SSSR count). The van der Waals surface area contributed by atoms with Crippen LogP contribution in [0.15, 0.2) is 46.9 Å². The summed E-state index contributed by atoms with van der Waals surface area (Å²) in [5.74, 6) is 0.117. The summed E-state index contributed by atoms with van der Waals surface area (Å²) in [7, 11) is 0. The van der Waals surface area contributed by atoms with Gasteiger partial charge in [-0.2, -0.15) is 4.98 Å². The van der Waals surface area contributed by atoms with Gasteiger partial charge in [0.2, 0.25) is 0 Å². The summed E-state index contributed by atoms with van der Waals surface area (Å²) in [6, 6.07) is 14.1. The summed E-state index contributed by atoms with van der Waals surface area (Å²) >= 11 is 6.06. The smallest absolute Gasteiger partial charge is 0.295 e. The van der Waals surface area contributed by atoms with E-state index in [4.69, 9.17) is 16.0 Å². The van der Waals surface area contributed by atoms with Gasteiger partial charge in [0.25, 0.3) is 11.9 Å². The van der Waals surface area contributed by atoms with Crippen LogP contribution < -0.4 is 5.32 Å². The molecule has 1 saturated carbocycles. The molecule has 0 radical (unpaired) electrons. The van der Waals surface area contributed by atoms with E-state index in [1.54, 1.807) is 0 Å². The van der Waals surface area contributed by atoms with Crippen molar-refractivity contribution in [2.24, 2.45) is 0 Å². The Hall–Kier alpha value is -2.53. The molecule has 6 heteroatoms. The van der Waals surface area contributed by atoms with E-state index in [9.17, 15) is 4.79 Å². The Morgan fingerprint density at radius 3 is 2.78 bits per heavy atom. The quantitative estimate of drug-likeness (QED) is 0.352. The van der Waals surface area contributed by atoms with Crippen molar-refractivity contribution < 1.29 is 9.21 Å². The maximum Gasteiger partial charge on any atom is 0.295 e. The first-order valence-electron chi connectivity index (χ1n) is 11.8. The van der Waals surface area contributed by atoms with Crippen LogP contribution in [0.2, 0.25) is 5.02 Å². The molecule has 1 amide bonds. The monoisotopic (exact) mass is 453 g/mol. The Morgan fingerprint density at radius 1 is 1.16 bits per heavy atom. The Morgan fingerprint density at radius 2 is 2.00 bits per heavy atom. The van der Waals surface area contributed by atoms with Crippen LogP contribution in [-0.4, -0.2) is 28.4 Å². The van der Waals surface area contributed by atoms with Crippen molar-refractivity contribution >= 4 is 34.6 Å². The lowest BCUT2D eigenvalue weighted by Crippen LogP contribution is -2.42. The molecule has 32 heavy (non-hydrogen) atoms. The third-order valence-electron chi connectivity index (χ3n) is 6.25. The lowest BCUT2D eigenvalue weighted by atomic mass is 9.93. The lowest BCUT2D eigenvalue weighted by Gasteiger charge is -2.34. The second-order valence-corrected chi connectivity index (χ2v) is 9.12. The molecule has 0 spiro atoms. The molecule has 1 aromatic heterocycles. The van der Waals surface area contributed by atoms with Crippen LogP contribution in [0.25, 0.3) is 11.1 Å². The number of rotatable bonds is 9. The maximum absolute atomic E-state index is 13.5. The van der Waals surface area contributed by atoms with Crippen molar-refractivity contribution in [2.45, 2.75) is 70.9 Å². The van der Waals surface area contributed by atoms with Crippen molar-refractivity contribution in [1.82, 2.24) is 9.88 Å². The van der Waals surface area contributed by atoms with Crippen LogP contribution in [0.3, 0.4) is 0 Å². The number of hydrogen-bond donors (Lipinski definition) is 1. The predicted octanol–water partition coefficient (Wildman–Crippen LogP) is 7.06. The average molecular weight is 454 g/mol. The van der Waals surface area contributed by atoms with Gasteiger partial charge in [-0.15, -0.1) is 0 Å². The van der Waals surface area contributed by atoms with E-state index in [0.29, 0.717) is 40.3 Å². The first-order chi connectivity index (χ1) is 15.6. The van der Waals surface area contributed by atoms with E-state index in [1.807, 2.05) is 42.5 Å². The normalized spacial score (nSPS) is 14.6. The maximum atomic E-state index is 13.5. The van der Waals surface area contributed by atoms with Crippen molar-refractivity contribution in [2.75, 3.05) is 11.9 Å². The fraction of sp³-hybridized carbons (Fsp3) is 0.462. The van der Waals surface area contributed by atoms with Gasteiger partial charge in [-0.3, -0.25) is 4.79 Å². The number of hydrogen-bond acceptors (Lipinski definition) is 4. The number of nitrogens with zero attached hydrogens (tertiary/aromatic N) is 2. The highest BCUT2D eigenvalue weighted by molar-refractivity contribution is 6.30. The van der Waals surface area contributed by atoms with Crippen LogP contribution in [-0.2, 0) is 6.54 Å². The molecule has 2 aromatic carbocycles. The minimum atomic E-state index is 0.117.